The van der Waals surface area contributed by atoms with Crippen molar-refractivity contribution in [1.29, 1.82) is 15.8 Å². The number of rotatable bonds is 4. The lowest BCUT2D eigenvalue weighted by Crippen LogP contribution is -2.41. The average Bonchev–Trinajstić information content (AvgIpc) is 2.72. The largest absolute Gasteiger partial charge is 0.484 e. The van der Waals surface area contributed by atoms with E-state index in [0.717, 1.165) is 18.4 Å². The van der Waals surface area contributed by atoms with Crippen LogP contribution in [0.4, 0.5) is 0 Å². The summed E-state index contributed by atoms with van der Waals surface area (Å²) in [7, 11) is 0. The summed E-state index contributed by atoms with van der Waals surface area (Å²) in [5.74, 6) is -0.251. The van der Waals surface area contributed by atoms with E-state index in [1.807, 2.05) is 18.2 Å². The van der Waals surface area contributed by atoms with Gasteiger partial charge in [-0.05, 0) is 47.9 Å². The summed E-state index contributed by atoms with van der Waals surface area (Å²) in [5.41, 5.74) is 11.6. The number of nitriles is 3. The number of amides is 1. The first-order valence-corrected chi connectivity index (χ1v) is 9.32. The van der Waals surface area contributed by atoms with Gasteiger partial charge in [0, 0.05) is 5.92 Å². The zero-order valence-corrected chi connectivity index (χ0v) is 16.1. The fourth-order valence-corrected chi connectivity index (χ4v) is 4.34. The quantitative estimate of drug-likeness (QED) is 0.757. The number of carbonyl (C=O) groups is 1. The molecule has 7 heteroatoms. The van der Waals surface area contributed by atoms with E-state index in [1.54, 1.807) is 12.1 Å². The van der Waals surface area contributed by atoms with Crippen molar-refractivity contribution in [2.45, 2.75) is 25.7 Å². The van der Waals surface area contributed by atoms with Crippen molar-refractivity contribution in [3.05, 3.63) is 52.7 Å². The molecule has 0 fully saturated rings. The second-order valence-corrected chi connectivity index (χ2v) is 7.56. The van der Waals surface area contributed by atoms with E-state index in [1.165, 1.54) is 0 Å². The molecule has 7 nitrogen and oxygen atoms in total. The predicted octanol–water partition coefficient (Wildman–Crippen LogP) is 2.39. The van der Waals surface area contributed by atoms with Crippen molar-refractivity contribution < 1.29 is 9.53 Å². The molecule has 0 saturated carbocycles. The van der Waals surface area contributed by atoms with Gasteiger partial charge in [0.05, 0.1) is 29.5 Å². The Balaban J connectivity index is 2.11. The minimum atomic E-state index is -1.60. The van der Waals surface area contributed by atoms with Crippen LogP contribution < -0.4 is 16.2 Å². The maximum Gasteiger partial charge on any atom is 0.255 e. The van der Waals surface area contributed by atoms with Gasteiger partial charge in [-0.1, -0.05) is 25.1 Å². The number of benzene rings is 1. The van der Waals surface area contributed by atoms with E-state index in [9.17, 15) is 20.6 Å². The number of nitrogens with two attached hydrogens (primary N) is 2. The molecule has 3 atom stereocenters. The van der Waals surface area contributed by atoms with Crippen LogP contribution in [0.2, 0.25) is 0 Å². The molecule has 3 unspecified atom stereocenters. The Bertz CT molecular complexity index is 1000. The van der Waals surface area contributed by atoms with Crippen LogP contribution in [0.1, 0.15) is 31.2 Å². The van der Waals surface area contributed by atoms with Crippen LogP contribution in [0.15, 0.2) is 47.2 Å². The molecule has 1 aromatic rings. The topological polar surface area (TPSA) is 150 Å². The first kappa shape index (κ1) is 20.0. The molecule has 0 spiro atoms. The smallest absolute Gasteiger partial charge is 0.255 e. The number of hydrogen-bond donors (Lipinski definition) is 2. The molecule has 146 valence electrons. The Kier molecular flexibility index (Phi) is 5.31. The molecule has 2 aliphatic carbocycles. The second kappa shape index (κ2) is 7.70. The van der Waals surface area contributed by atoms with Gasteiger partial charge in [0.15, 0.2) is 6.61 Å². The second-order valence-electron chi connectivity index (χ2n) is 7.56. The fraction of sp³-hybridized carbons (Fsp3) is 0.364. The normalized spacial score (nSPS) is 24.9. The number of nitrogens with zero attached hydrogens (tertiary/aromatic N) is 3. The van der Waals surface area contributed by atoms with Crippen LogP contribution in [0.3, 0.4) is 0 Å². The number of hydrogen-bond acceptors (Lipinski definition) is 6. The molecule has 0 bridgehead atoms. The Hall–Kier alpha value is -3.76. The molecular formula is C22H21N5O2. The molecule has 0 aliphatic heterocycles. The van der Waals surface area contributed by atoms with Gasteiger partial charge in [0.2, 0.25) is 5.41 Å². The van der Waals surface area contributed by atoms with Gasteiger partial charge >= 0.3 is 0 Å². The number of allylic oxidation sites excluding steroid dienone is 3. The number of carbonyl (C=O) groups excluding carboxylic acids is 1. The van der Waals surface area contributed by atoms with Crippen molar-refractivity contribution in [2.75, 3.05) is 6.61 Å². The highest BCUT2D eigenvalue weighted by atomic mass is 16.5. The van der Waals surface area contributed by atoms with E-state index in [4.69, 9.17) is 16.2 Å². The van der Waals surface area contributed by atoms with Gasteiger partial charge in [-0.25, -0.2) is 0 Å². The lowest BCUT2D eigenvalue weighted by atomic mass is 9.57. The van der Waals surface area contributed by atoms with Gasteiger partial charge in [-0.15, -0.1) is 0 Å². The van der Waals surface area contributed by atoms with E-state index in [0.29, 0.717) is 17.2 Å². The molecule has 0 heterocycles. The molecule has 0 saturated heterocycles. The highest BCUT2D eigenvalue weighted by Crippen LogP contribution is 2.55. The fourth-order valence-electron chi connectivity index (χ4n) is 4.34. The zero-order chi connectivity index (χ0) is 21.2. The number of ether oxygens (including phenoxy) is 1. The van der Waals surface area contributed by atoms with Crippen molar-refractivity contribution in [2.24, 2.45) is 28.7 Å². The van der Waals surface area contributed by atoms with Gasteiger partial charge in [-0.3, -0.25) is 4.79 Å². The lowest BCUT2D eigenvalue weighted by molar-refractivity contribution is -0.119. The van der Waals surface area contributed by atoms with Crippen LogP contribution in [0.25, 0.3) is 0 Å². The van der Waals surface area contributed by atoms with Crippen LogP contribution in [0.5, 0.6) is 5.75 Å². The van der Waals surface area contributed by atoms with Gasteiger partial charge < -0.3 is 16.2 Å². The van der Waals surface area contributed by atoms with Crippen LogP contribution in [-0.4, -0.2) is 12.5 Å². The molecule has 1 aromatic carbocycles. The van der Waals surface area contributed by atoms with Crippen molar-refractivity contribution in [3.63, 3.8) is 0 Å². The SMILES string of the molecule is CC1CC=C2C(C1)C(c1ccc(OCC(N)=O)cc1)C(C#N)=C(N)C2(C#N)C#N. The summed E-state index contributed by atoms with van der Waals surface area (Å²) >= 11 is 0. The molecular weight excluding hydrogens is 366 g/mol. The summed E-state index contributed by atoms with van der Waals surface area (Å²) in [6.45, 7) is 1.89. The minimum absolute atomic E-state index is 0.0149. The maximum absolute atomic E-state index is 10.9. The van der Waals surface area contributed by atoms with Gasteiger partial charge in [0.25, 0.3) is 5.91 Å². The molecule has 4 N–H and O–H groups in total. The summed E-state index contributed by atoms with van der Waals surface area (Å²) in [6.07, 6.45) is 3.46. The summed E-state index contributed by atoms with van der Waals surface area (Å²) in [4.78, 5) is 10.9. The third-order valence-corrected chi connectivity index (χ3v) is 5.71. The minimum Gasteiger partial charge on any atom is -0.484 e. The highest BCUT2D eigenvalue weighted by Gasteiger charge is 2.52. The van der Waals surface area contributed by atoms with E-state index < -0.39 is 11.3 Å². The van der Waals surface area contributed by atoms with Crippen LogP contribution >= 0.6 is 0 Å². The standard InChI is InChI=1S/C22H21N5O2/c1-13-2-7-18-16(8-13)20(17(9-23)21(27)22(18,11-24)12-25)14-3-5-15(6-4-14)29-10-19(26)28/h3-7,13,16,20H,2,8,10,27H2,1H3,(H2,26,28). The Morgan fingerprint density at radius 2 is 1.90 bits per heavy atom. The molecule has 3 rings (SSSR count). The Morgan fingerprint density at radius 1 is 1.24 bits per heavy atom. The highest BCUT2D eigenvalue weighted by molar-refractivity contribution is 5.75. The van der Waals surface area contributed by atoms with Crippen molar-refractivity contribution >= 4 is 5.91 Å². The summed E-state index contributed by atoms with van der Waals surface area (Å²) < 4.78 is 5.30. The molecule has 0 aromatic heterocycles. The number of fused-ring (bicyclic) bond motifs is 1. The molecule has 1 amide bonds. The van der Waals surface area contributed by atoms with Crippen LogP contribution in [0, 0.1) is 51.2 Å². The zero-order valence-electron chi connectivity index (χ0n) is 16.1. The van der Waals surface area contributed by atoms with E-state index in [2.05, 4.69) is 25.1 Å². The Labute approximate surface area is 169 Å². The average molecular weight is 387 g/mol. The van der Waals surface area contributed by atoms with Crippen molar-refractivity contribution in [3.8, 4) is 24.0 Å². The van der Waals surface area contributed by atoms with Crippen molar-refractivity contribution in [1.82, 2.24) is 0 Å². The lowest BCUT2D eigenvalue weighted by Gasteiger charge is -2.43. The first-order valence-electron chi connectivity index (χ1n) is 9.32. The maximum atomic E-state index is 10.9. The third-order valence-electron chi connectivity index (χ3n) is 5.71. The Morgan fingerprint density at radius 3 is 2.45 bits per heavy atom. The van der Waals surface area contributed by atoms with E-state index >= 15 is 0 Å². The third kappa shape index (κ3) is 3.30. The van der Waals surface area contributed by atoms with Gasteiger partial charge in [0.1, 0.15) is 5.75 Å². The number of primary amides is 1. The molecule has 29 heavy (non-hydrogen) atoms. The van der Waals surface area contributed by atoms with Gasteiger partial charge in [-0.2, -0.15) is 15.8 Å². The summed E-state index contributed by atoms with van der Waals surface area (Å²) in [6, 6.07) is 13.3. The van der Waals surface area contributed by atoms with E-state index in [-0.39, 0.29) is 29.7 Å². The molecule has 0 radical (unpaired) electrons. The first-order chi connectivity index (χ1) is 13.9. The molecule has 2 aliphatic rings. The predicted molar refractivity (Wildman–Crippen MR) is 104 cm³/mol. The monoisotopic (exact) mass is 387 g/mol. The van der Waals surface area contributed by atoms with Crippen LogP contribution in [-0.2, 0) is 4.79 Å². The summed E-state index contributed by atoms with van der Waals surface area (Å²) in [5, 5.41) is 29.5.